The second-order valence-electron chi connectivity index (χ2n) is 5.71. The van der Waals surface area contributed by atoms with Crippen LogP contribution in [0.15, 0.2) is 70.9 Å². The summed E-state index contributed by atoms with van der Waals surface area (Å²) >= 11 is 11.3. The van der Waals surface area contributed by atoms with E-state index in [1.165, 1.54) is 23.5 Å². The summed E-state index contributed by atoms with van der Waals surface area (Å²) < 4.78 is 1.36. The van der Waals surface area contributed by atoms with Crippen LogP contribution in [0, 0.1) is 0 Å². The van der Waals surface area contributed by atoms with Gasteiger partial charge in [0.15, 0.2) is 33.1 Å². The molecular weight excluding hydrogens is 514 g/mol. The molecule has 162 valence electrons. The molecule has 0 radical (unpaired) electrons. The Hall–Kier alpha value is -1.12. The third-order valence-electron chi connectivity index (χ3n) is 3.76. The molecule has 0 spiro atoms. The Balaban J connectivity index is 0.000000562. The molecule has 0 saturated carbocycles. The minimum absolute atomic E-state index is 0. The Morgan fingerprint density at radius 3 is 1.29 bits per heavy atom. The summed E-state index contributed by atoms with van der Waals surface area (Å²) in [5, 5.41) is 8.38. The maximum atomic E-state index is 4.19. The number of benzene rings is 2. The van der Waals surface area contributed by atoms with Crippen LogP contribution in [-0.4, -0.2) is 32.6 Å². The van der Waals surface area contributed by atoms with Crippen LogP contribution in [0.25, 0.3) is 10.9 Å². The molecule has 2 aromatic carbocycles. The van der Waals surface area contributed by atoms with Gasteiger partial charge in [-0.05, 0) is 36.5 Å². The first-order valence-corrected chi connectivity index (χ1v) is 12.8. The normalized spacial score (nSPS) is 10.8. The summed E-state index contributed by atoms with van der Waals surface area (Å²) in [6, 6.07) is 20.1. The molecule has 2 rings (SSSR count). The zero-order chi connectivity index (χ0) is 22.2. The van der Waals surface area contributed by atoms with Gasteiger partial charge in [0, 0.05) is 30.9 Å². The topological polar surface area (TPSA) is 52.9 Å². The molecule has 0 heterocycles. The van der Waals surface area contributed by atoms with Crippen LogP contribution in [-0.2, 0) is 43.9 Å². The van der Waals surface area contributed by atoms with Gasteiger partial charge in [-0.3, -0.25) is 0 Å². The van der Waals surface area contributed by atoms with E-state index in [-0.39, 0.29) is 19.5 Å². The minimum Gasteiger partial charge on any atom is -0.519 e. The molecule has 9 heteroatoms. The van der Waals surface area contributed by atoms with Crippen molar-refractivity contribution in [1.29, 1.82) is 0 Å². The Bertz CT molecular complexity index is 772. The molecule has 0 aromatic heterocycles. The minimum atomic E-state index is 0. The van der Waals surface area contributed by atoms with Crippen molar-refractivity contribution in [3.05, 3.63) is 82.6 Å². The third-order valence-corrected chi connectivity index (χ3v) is 5.93. The van der Waals surface area contributed by atoms with E-state index in [0.29, 0.717) is 8.64 Å². The van der Waals surface area contributed by atoms with Crippen molar-refractivity contribution in [2.75, 3.05) is 12.5 Å². The summed E-state index contributed by atoms with van der Waals surface area (Å²) in [6.07, 6.45) is 5.58. The van der Waals surface area contributed by atoms with Crippen molar-refractivity contribution in [2.45, 2.75) is 26.7 Å². The number of nitrogens with zero attached hydrogens (tertiary/aromatic N) is 4. The number of hydrogen-bond donors (Lipinski definition) is 0. The second kappa shape index (κ2) is 18.5. The number of thiol groups is 2. The van der Waals surface area contributed by atoms with E-state index >= 15 is 0 Å². The first-order chi connectivity index (χ1) is 14.5. The zero-order valence-electron chi connectivity index (χ0n) is 18.4. The van der Waals surface area contributed by atoms with E-state index in [0.717, 1.165) is 35.4 Å². The zero-order valence-corrected chi connectivity index (χ0v) is 24.8. The Morgan fingerprint density at radius 2 is 1.03 bits per heavy atom. The molecular formula is C22H28N4S4Zn. The quantitative estimate of drug-likeness (QED) is 0.116. The van der Waals surface area contributed by atoms with Gasteiger partial charge in [0.1, 0.15) is 0 Å². The Kier molecular flexibility index (Phi) is 17.8. The molecule has 0 aliphatic heterocycles. The Labute approximate surface area is 218 Å². The summed E-state index contributed by atoms with van der Waals surface area (Å²) in [5.74, 6) is 0. The number of thioether (sulfide) groups is 2. The molecule has 0 aliphatic rings. The maximum absolute atomic E-state index is 4.19. The average Bonchev–Trinajstić information content (AvgIpc) is 2.81. The first-order valence-electron chi connectivity index (χ1n) is 9.41. The fourth-order valence-corrected chi connectivity index (χ4v) is 2.55. The molecule has 0 N–H and O–H groups in total. The fraction of sp³-hybridized carbons (Fsp3) is 0.273. The van der Waals surface area contributed by atoms with Crippen molar-refractivity contribution in [2.24, 2.45) is 10.2 Å². The van der Waals surface area contributed by atoms with Gasteiger partial charge in [-0.1, -0.05) is 98.0 Å². The van der Waals surface area contributed by atoms with Gasteiger partial charge < -0.3 is 21.1 Å². The number of rotatable bonds is 6. The molecule has 31 heavy (non-hydrogen) atoms. The van der Waals surface area contributed by atoms with Crippen LogP contribution < -0.4 is 0 Å². The van der Waals surface area contributed by atoms with Gasteiger partial charge in [-0.25, -0.2) is 0 Å². The molecule has 4 nitrogen and oxygen atoms in total. The summed E-state index contributed by atoms with van der Waals surface area (Å²) in [7, 11) is 0. The van der Waals surface area contributed by atoms with Crippen LogP contribution in [0.2, 0.25) is 0 Å². The van der Waals surface area contributed by atoms with Crippen molar-refractivity contribution < 1.29 is 19.5 Å². The third kappa shape index (κ3) is 12.5. The van der Waals surface area contributed by atoms with Crippen molar-refractivity contribution in [3.8, 4) is 0 Å². The summed E-state index contributed by atoms with van der Waals surface area (Å²) in [6.45, 7) is 4.14. The molecule has 0 unspecified atom stereocenters. The van der Waals surface area contributed by atoms with Crippen LogP contribution in [0.4, 0.5) is 0 Å². The van der Waals surface area contributed by atoms with Crippen LogP contribution in [0.1, 0.15) is 37.8 Å². The predicted octanol–water partition coefficient (Wildman–Crippen LogP) is 5.81. The van der Waals surface area contributed by atoms with Gasteiger partial charge in [-0.2, -0.15) is 0 Å². The smallest absolute Gasteiger partial charge is 0.174 e. The van der Waals surface area contributed by atoms with Crippen LogP contribution >= 0.6 is 23.5 Å². The van der Waals surface area contributed by atoms with Gasteiger partial charge in [-0.15, -0.1) is 0 Å². The largest absolute Gasteiger partial charge is 0.519 e. The fourth-order valence-electron chi connectivity index (χ4n) is 2.21. The molecule has 0 saturated heterocycles. The average molecular weight is 542 g/mol. The van der Waals surface area contributed by atoms with Gasteiger partial charge >= 0.3 is 0 Å². The summed E-state index contributed by atoms with van der Waals surface area (Å²) in [4.78, 5) is 0. The number of hydrogen-bond acceptors (Lipinski definition) is 4. The van der Waals surface area contributed by atoms with E-state index in [2.05, 4.69) is 59.3 Å². The molecule has 0 fully saturated rings. The van der Waals surface area contributed by atoms with Crippen molar-refractivity contribution in [1.82, 2.24) is 0 Å². The molecule has 0 bridgehead atoms. The van der Waals surface area contributed by atoms with Crippen molar-refractivity contribution >= 4 is 68.0 Å². The molecule has 2 aromatic rings. The molecule has 0 atom stereocenters. The monoisotopic (exact) mass is 540 g/mol. The van der Waals surface area contributed by atoms with E-state index in [1.54, 1.807) is 0 Å². The predicted molar refractivity (Wildman–Crippen MR) is 148 cm³/mol. The van der Waals surface area contributed by atoms with E-state index in [4.69, 9.17) is 0 Å². The van der Waals surface area contributed by atoms with E-state index in [9.17, 15) is 0 Å². The first kappa shape index (κ1) is 29.9. The van der Waals surface area contributed by atoms with E-state index in [1.807, 2.05) is 73.2 Å². The van der Waals surface area contributed by atoms with Crippen LogP contribution in [0.3, 0.4) is 0 Å². The van der Waals surface area contributed by atoms with Gasteiger partial charge in [0.05, 0.1) is 0 Å². The van der Waals surface area contributed by atoms with Crippen LogP contribution in [0.5, 0.6) is 0 Å². The maximum Gasteiger partial charge on any atom is 0.174 e. The van der Waals surface area contributed by atoms with Gasteiger partial charge in [0.2, 0.25) is 0 Å². The molecule has 0 aliphatic carbocycles. The molecule has 0 amide bonds. The van der Waals surface area contributed by atoms with Gasteiger partial charge in [0.25, 0.3) is 0 Å². The second-order valence-corrected chi connectivity index (χ2v) is 8.75. The summed E-state index contributed by atoms with van der Waals surface area (Å²) in [5.41, 5.74) is 12.2. The van der Waals surface area contributed by atoms with Crippen molar-refractivity contribution in [3.63, 3.8) is 0 Å². The Morgan fingerprint density at radius 1 is 0.710 bits per heavy atom. The SMILES string of the molecule is CCC(=N[N-]C(=[SH+])SC)c1ccccc1.CCC(=N[N-]C(=[SH+])SC)c1ccccc1.[Zn]. The standard InChI is InChI=1S/2C11H14N2S2.Zn/c2*1-3-10(12-13-11(14)15-2)9-7-5-4-6-8-9;/h2*4-8H,3H2,1-2H3,(H,13,14);. The van der Waals surface area contributed by atoms with E-state index < -0.39 is 0 Å².